The van der Waals surface area contributed by atoms with Gasteiger partial charge in [-0.3, -0.25) is 9.59 Å². The van der Waals surface area contributed by atoms with E-state index in [1.54, 1.807) is 24.3 Å². The van der Waals surface area contributed by atoms with Crippen molar-refractivity contribution in [1.29, 1.82) is 0 Å². The van der Waals surface area contributed by atoms with Gasteiger partial charge in [0.2, 0.25) is 5.91 Å². The number of carbonyl (C=O) groups excluding carboxylic acids is 2. The van der Waals surface area contributed by atoms with Crippen LogP contribution in [0.1, 0.15) is 53.6 Å². The van der Waals surface area contributed by atoms with Crippen LogP contribution in [-0.2, 0) is 4.79 Å². The van der Waals surface area contributed by atoms with Gasteiger partial charge >= 0.3 is 0 Å². The summed E-state index contributed by atoms with van der Waals surface area (Å²) in [5.41, 5.74) is 1.14. The molecule has 1 saturated heterocycles. The molecule has 2 heterocycles. The number of rotatable bonds is 4. The summed E-state index contributed by atoms with van der Waals surface area (Å²) in [4.78, 5) is 26.6. The molecule has 5 nitrogen and oxygen atoms in total. The van der Waals surface area contributed by atoms with Crippen molar-refractivity contribution in [2.75, 3.05) is 11.9 Å². The summed E-state index contributed by atoms with van der Waals surface area (Å²) in [6, 6.07) is 10.9. The third-order valence-electron chi connectivity index (χ3n) is 4.67. The highest BCUT2D eigenvalue weighted by Crippen LogP contribution is 2.32. The molecule has 26 heavy (non-hydrogen) atoms. The molecule has 2 amide bonds. The van der Waals surface area contributed by atoms with Crippen LogP contribution in [0.5, 0.6) is 0 Å². The van der Waals surface area contributed by atoms with Crippen LogP contribution in [0, 0.1) is 6.92 Å². The van der Waals surface area contributed by atoms with E-state index < -0.39 is 0 Å². The Morgan fingerprint density at radius 2 is 2.08 bits per heavy atom. The van der Waals surface area contributed by atoms with Crippen LogP contribution >= 0.6 is 0 Å². The monoisotopic (exact) mass is 352 g/mol. The number of nitrogens with zero attached hydrogens (tertiary/aromatic N) is 1. The van der Waals surface area contributed by atoms with Gasteiger partial charge in [-0.25, -0.2) is 0 Å². The number of aryl methyl sites for hydroxylation is 1. The maximum absolute atomic E-state index is 13.2. The summed E-state index contributed by atoms with van der Waals surface area (Å²) >= 11 is 0. The number of hydrogen-bond acceptors (Lipinski definition) is 3. The van der Waals surface area contributed by atoms with Crippen molar-refractivity contribution in [3.8, 4) is 0 Å². The van der Waals surface area contributed by atoms with Gasteiger partial charge in [0.1, 0.15) is 11.5 Å². The topological polar surface area (TPSA) is 62.6 Å². The Morgan fingerprint density at radius 3 is 2.81 bits per heavy atom. The van der Waals surface area contributed by atoms with Gasteiger partial charge < -0.3 is 14.6 Å². The van der Waals surface area contributed by atoms with Crippen molar-refractivity contribution in [2.24, 2.45) is 0 Å². The highest BCUT2D eigenvalue weighted by Gasteiger charge is 2.29. The quantitative estimate of drug-likeness (QED) is 0.826. The Labute approximate surface area is 153 Å². The largest absolute Gasteiger partial charge is 0.464 e. The molecular weight excluding hydrogens is 328 g/mol. The van der Waals surface area contributed by atoms with Gasteiger partial charge in [0, 0.05) is 17.8 Å². The molecule has 1 aromatic carbocycles. The second kappa shape index (κ2) is 8.04. The zero-order valence-electron chi connectivity index (χ0n) is 15.0. The smallest absolute Gasteiger partial charge is 0.254 e. The molecule has 1 aliphatic heterocycles. The Bertz CT molecular complexity index is 809. The molecule has 1 aliphatic rings. The van der Waals surface area contributed by atoms with Crippen LogP contribution in [0.2, 0.25) is 0 Å². The van der Waals surface area contributed by atoms with Gasteiger partial charge in [0.05, 0.1) is 6.04 Å². The van der Waals surface area contributed by atoms with E-state index in [4.69, 9.17) is 4.42 Å². The number of amides is 2. The van der Waals surface area contributed by atoms with E-state index >= 15 is 0 Å². The van der Waals surface area contributed by atoms with Gasteiger partial charge in [0.25, 0.3) is 5.91 Å². The number of carbonyl (C=O) groups is 2. The molecule has 0 radical (unpaired) electrons. The van der Waals surface area contributed by atoms with E-state index in [0.717, 1.165) is 37.2 Å². The average Bonchev–Trinajstić information content (AvgIpc) is 2.93. The fraction of sp³-hybridized carbons (Fsp3) is 0.333. The fourth-order valence-electron chi connectivity index (χ4n) is 3.37. The molecule has 2 aromatic rings. The summed E-state index contributed by atoms with van der Waals surface area (Å²) in [5, 5.41) is 2.70. The Balaban J connectivity index is 1.87. The van der Waals surface area contributed by atoms with Crippen LogP contribution < -0.4 is 5.32 Å². The third-order valence-corrected chi connectivity index (χ3v) is 4.67. The number of nitrogens with one attached hydrogen (secondary N) is 1. The van der Waals surface area contributed by atoms with Crippen LogP contribution in [0.3, 0.4) is 0 Å². The fourth-order valence-corrected chi connectivity index (χ4v) is 3.37. The molecule has 1 aromatic heterocycles. The normalized spacial score (nSPS) is 17.4. The van der Waals surface area contributed by atoms with Gasteiger partial charge in [-0.05, 0) is 56.2 Å². The average molecular weight is 352 g/mol. The SMILES string of the molecule is C=CC(=O)Nc1cccc(C(=O)N2CCCCCC2c2ccc(C)o2)c1. The molecule has 0 bridgehead atoms. The molecule has 1 N–H and O–H groups in total. The summed E-state index contributed by atoms with van der Waals surface area (Å²) in [7, 11) is 0. The van der Waals surface area contributed by atoms with Gasteiger partial charge in [-0.15, -0.1) is 0 Å². The summed E-state index contributed by atoms with van der Waals surface area (Å²) < 4.78 is 5.82. The maximum atomic E-state index is 13.2. The second-order valence-corrected chi connectivity index (χ2v) is 6.59. The molecule has 0 saturated carbocycles. The first-order chi connectivity index (χ1) is 12.6. The summed E-state index contributed by atoms with van der Waals surface area (Å²) in [6.45, 7) is 6.06. The minimum atomic E-state index is -0.298. The van der Waals surface area contributed by atoms with Crippen molar-refractivity contribution in [3.05, 3.63) is 66.1 Å². The van der Waals surface area contributed by atoms with Gasteiger partial charge in [0.15, 0.2) is 0 Å². The summed E-state index contributed by atoms with van der Waals surface area (Å²) in [6.07, 6.45) is 5.26. The molecule has 1 atom stereocenters. The minimum Gasteiger partial charge on any atom is -0.464 e. The highest BCUT2D eigenvalue weighted by molar-refractivity contribution is 6.00. The standard InChI is InChI=1S/C21H24N2O3/c1-3-20(24)22-17-9-7-8-16(14-17)21(25)23-13-6-4-5-10-18(23)19-12-11-15(2)26-19/h3,7-9,11-12,14,18H,1,4-6,10,13H2,2H3,(H,22,24). The van der Waals surface area contributed by atoms with Crippen molar-refractivity contribution in [3.63, 3.8) is 0 Å². The molecule has 1 unspecified atom stereocenters. The number of hydrogen-bond donors (Lipinski definition) is 1. The Kier molecular flexibility index (Phi) is 5.56. The van der Waals surface area contributed by atoms with E-state index in [-0.39, 0.29) is 17.9 Å². The lowest BCUT2D eigenvalue weighted by molar-refractivity contribution is -0.111. The molecule has 0 aliphatic carbocycles. The lowest BCUT2D eigenvalue weighted by Crippen LogP contribution is -2.34. The van der Waals surface area contributed by atoms with Crippen molar-refractivity contribution in [2.45, 2.75) is 38.6 Å². The zero-order valence-corrected chi connectivity index (χ0v) is 15.0. The molecule has 136 valence electrons. The maximum Gasteiger partial charge on any atom is 0.254 e. The molecule has 1 fully saturated rings. The second-order valence-electron chi connectivity index (χ2n) is 6.59. The Morgan fingerprint density at radius 1 is 1.23 bits per heavy atom. The van der Waals surface area contributed by atoms with Gasteiger partial charge in [-0.2, -0.15) is 0 Å². The number of furan rings is 1. The predicted octanol–water partition coefficient (Wildman–Crippen LogP) is 4.47. The predicted molar refractivity (Wildman–Crippen MR) is 101 cm³/mol. The lowest BCUT2D eigenvalue weighted by Gasteiger charge is -2.29. The summed E-state index contributed by atoms with van der Waals surface area (Å²) in [5.74, 6) is 1.36. The van der Waals surface area contributed by atoms with E-state index in [2.05, 4.69) is 11.9 Å². The van der Waals surface area contributed by atoms with E-state index in [1.807, 2.05) is 24.0 Å². The van der Waals surface area contributed by atoms with Crippen LogP contribution in [-0.4, -0.2) is 23.3 Å². The van der Waals surface area contributed by atoms with Crippen molar-refractivity contribution < 1.29 is 14.0 Å². The molecule has 5 heteroatoms. The van der Waals surface area contributed by atoms with Crippen molar-refractivity contribution >= 4 is 17.5 Å². The number of benzene rings is 1. The van der Waals surface area contributed by atoms with Crippen LogP contribution in [0.4, 0.5) is 5.69 Å². The first-order valence-electron chi connectivity index (χ1n) is 8.99. The van der Waals surface area contributed by atoms with E-state index in [9.17, 15) is 9.59 Å². The minimum absolute atomic E-state index is 0.0411. The van der Waals surface area contributed by atoms with Crippen molar-refractivity contribution in [1.82, 2.24) is 4.90 Å². The first-order valence-corrected chi connectivity index (χ1v) is 8.99. The van der Waals surface area contributed by atoms with Crippen LogP contribution in [0.15, 0.2) is 53.5 Å². The van der Waals surface area contributed by atoms with Gasteiger partial charge in [-0.1, -0.05) is 25.5 Å². The molecular formula is C21H24N2O3. The Hall–Kier alpha value is -2.82. The number of anilines is 1. The lowest BCUT2D eigenvalue weighted by atomic mass is 10.1. The number of likely N-dealkylation sites (tertiary alicyclic amines) is 1. The molecule has 3 rings (SSSR count). The van der Waals surface area contributed by atoms with E-state index in [1.165, 1.54) is 6.08 Å². The third kappa shape index (κ3) is 4.04. The first kappa shape index (κ1) is 18.0. The van der Waals surface area contributed by atoms with E-state index in [0.29, 0.717) is 17.8 Å². The highest BCUT2D eigenvalue weighted by atomic mass is 16.3. The molecule has 0 spiro atoms. The zero-order chi connectivity index (χ0) is 18.5. The van der Waals surface area contributed by atoms with Crippen LogP contribution in [0.25, 0.3) is 0 Å².